The zero-order chi connectivity index (χ0) is 22.3. The van der Waals surface area contributed by atoms with Crippen molar-refractivity contribution in [3.05, 3.63) is 108 Å². The molecule has 0 saturated heterocycles. The number of nitrogens with zero attached hydrogens (tertiary/aromatic N) is 2. The fraction of sp³-hybridized carbons (Fsp3) is 0.0833. The molecule has 0 aromatic heterocycles. The van der Waals surface area contributed by atoms with E-state index >= 15 is 0 Å². The smallest absolute Gasteiger partial charge is 0.261 e. The molecule has 0 aliphatic carbocycles. The maximum atomic E-state index is 13.0. The molecular formula is C24H21N3O3S. The van der Waals surface area contributed by atoms with Crippen LogP contribution in [0, 0.1) is 11.3 Å². The van der Waals surface area contributed by atoms with Crippen LogP contribution in [0.15, 0.2) is 96.4 Å². The minimum atomic E-state index is -3.70. The zero-order valence-electron chi connectivity index (χ0n) is 16.7. The van der Waals surface area contributed by atoms with E-state index in [1.807, 2.05) is 12.1 Å². The molecule has 0 aliphatic heterocycles. The Morgan fingerprint density at radius 1 is 1.00 bits per heavy atom. The lowest BCUT2D eigenvalue weighted by atomic mass is 10.1. The predicted molar refractivity (Wildman–Crippen MR) is 120 cm³/mol. The Labute approximate surface area is 182 Å². The van der Waals surface area contributed by atoms with E-state index in [2.05, 4.69) is 17.4 Å². The summed E-state index contributed by atoms with van der Waals surface area (Å²) in [6, 6.07) is 23.4. The minimum absolute atomic E-state index is 0.162. The molecule has 7 heteroatoms. The number of benzene rings is 3. The summed E-state index contributed by atoms with van der Waals surface area (Å²) in [4.78, 5) is 14.8. The number of carbonyl (C=O) groups excluding carboxylic acids is 1. The van der Waals surface area contributed by atoms with Crippen LogP contribution in [0.25, 0.3) is 0 Å². The number of sulfonamides is 1. The van der Waals surface area contributed by atoms with Crippen molar-refractivity contribution in [3.8, 4) is 6.07 Å². The largest absolute Gasteiger partial charge is 0.331 e. The van der Waals surface area contributed by atoms with E-state index in [1.165, 1.54) is 12.1 Å². The van der Waals surface area contributed by atoms with Crippen LogP contribution in [0.4, 0.5) is 5.69 Å². The van der Waals surface area contributed by atoms with Gasteiger partial charge in [0.2, 0.25) is 0 Å². The molecule has 1 N–H and O–H groups in total. The van der Waals surface area contributed by atoms with E-state index in [0.717, 1.165) is 5.56 Å². The van der Waals surface area contributed by atoms with E-state index in [-0.39, 0.29) is 10.8 Å². The maximum Gasteiger partial charge on any atom is 0.261 e. The SMILES string of the molecule is C=CCN(Cc1ccc(C#N)cc1)C(=O)c1ccc(NS(=O)(=O)c2ccccc2)cc1. The van der Waals surface area contributed by atoms with Gasteiger partial charge in [0, 0.05) is 24.3 Å². The topological polar surface area (TPSA) is 90.3 Å². The molecule has 0 unspecified atom stereocenters. The lowest BCUT2D eigenvalue weighted by Gasteiger charge is -2.21. The Bertz CT molecular complexity index is 1200. The van der Waals surface area contributed by atoms with Crippen molar-refractivity contribution in [2.24, 2.45) is 0 Å². The molecule has 3 aromatic rings. The number of amides is 1. The quantitative estimate of drug-likeness (QED) is 0.542. The van der Waals surface area contributed by atoms with Gasteiger partial charge < -0.3 is 4.90 Å². The summed E-state index contributed by atoms with van der Waals surface area (Å²) in [6.07, 6.45) is 1.64. The number of rotatable bonds is 8. The summed E-state index contributed by atoms with van der Waals surface area (Å²) in [6.45, 7) is 4.42. The van der Waals surface area contributed by atoms with E-state index in [9.17, 15) is 13.2 Å². The molecular weight excluding hydrogens is 410 g/mol. The van der Waals surface area contributed by atoms with Gasteiger partial charge in [0.25, 0.3) is 15.9 Å². The Morgan fingerprint density at radius 3 is 2.23 bits per heavy atom. The normalized spacial score (nSPS) is 10.7. The number of anilines is 1. The minimum Gasteiger partial charge on any atom is -0.331 e. The van der Waals surface area contributed by atoms with Crippen molar-refractivity contribution in [2.75, 3.05) is 11.3 Å². The molecule has 1 amide bonds. The molecule has 31 heavy (non-hydrogen) atoms. The molecule has 0 radical (unpaired) electrons. The third-order valence-electron chi connectivity index (χ3n) is 4.53. The van der Waals surface area contributed by atoms with Gasteiger partial charge in [-0.15, -0.1) is 6.58 Å². The standard InChI is InChI=1S/C24H21N3O3S/c1-2-16-27(18-20-10-8-19(17-25)9-11-20)24(28)21-12-14-22(15-13-21)26-31(29,30)23-6-4-3-5-7-23/h2-15,26H,1,16,18H2. The van der Waals surface area contributed by atoms with E-state index < -0.39 is 10.0 Å². The molecule has 0 aliphatic rings. The fourth-order valence-electron chi connectivity index (χ4n) is 2.96. The van der Waals surface area contributed by atoms with E-state index in [1.54, 1.807) is 65.6 Å². The number of hydrogen-bond acceptors (Lipinski definition) is 4. The van der Waals surface area contributed by atoms with E-state index in [0.29, 0.717) is 29.9 Å². The van der Waals surface area contributed by atoms with Crippen molar-refractivity contribution in [3.63, 3.8) is 0 Å². The zero-order valence-corrected chi connectivity index (χ0v) is 17.5. The van der Waals surface area contributed by atoms with Crippen LogP contribution in [0.5, 0.6) is 0 Å². The second kappa shape index (κ2) is 9.74. The molecule has 0 bridgehead atoms. The van der Waals surface area contributed by atoms with Crippen molar-refractivity contribution in [2.45, 2.75) is 11.4 Å². The Balaban J connectivity index is 1.74. The van der Waals surface area contributed by atoms with Crippen LogP contribution in [0.2, 0.25) is 0 Å². The van der Waals surface area contributed by atoms with Crippen molar-refractivity contribution < 1.29 is 13.2 Å². The van der Waals surface area contributed by atoms with Crippen molar-refractivity contribution >= 4 is 21.6 Å². The predicted octanol–water partition coefficient (Wildman–Crippen LogP) is 4.19. The van der Waals surface area contributed by atoms with Gasteiger partial charge in [-0.25, -0.2) is 8.42 Å². The van der Waals surface area contributed by atoms with Gasteiger partial charge in [-0.1, -0.05) is 36.4 Å². The number of carbonyl (C=O) groups is 1. The number of nitriles is 1. The molecule has 156 valence electrons. The van der Waals surface area contributed by atoms with Crippen LogP contribution < -0.4 is 4.72 Å². The second-order valence-corrected chi connectivity index (χ2v) is 8.46. The highest BCUT2D eigenvalue weighted by Gasteiger charge is 2.17. The van der Waals surface area contributed by atoms with Gasteiger partial charge in [0.15, 0.2) is 0 Å². The van der Waals surface area contributed by atoms with Crippen LogP contribution in [-0.2, 0) is 16.6 Å². The third-order valence-corrected chi connectivity index (χ3v) is 5.93. The molecule has 0 saturated carbocycles. The summed E-state index contributed by atoms with van der Waals surface area (Å²) < 4.78 is 27.4. The average molecular weight is 432 g/mol. The Morgan fingerprint density at radius 2 is 1.65 bits per heavy atom. The summed E-state index contributed by atoms with van der Waals surface area (Å²) in [5.74, 6) is -0.207. The summed E-state index contributed by atoms with van der Waals surface area (Å²) in [5, 5.41) is 8.92. The number of nitrogens with one attached hydrogen (secondary N) is 1. The highest BCUT2D eigenvalue weighted by Crippen LogP contribution is 2.18. The van der Waals surface area contributed by atoms with Gasteiger partial charge in [-0.3, -0.25) is 9.52 Å². The first-order valence-corrected chi connectivity index (χ1v) is 11.0. The monoisotopic (exact) mass is 431 g/mol. The summed E-state index contributed by atoms with van der Waals surface area (Å²) in [5.41, 5.74) is 2.24. The first-order valence-electron chi connectivity index (χ1n) is 9.50. The first kappa shape index (κ1) is 21.8. The molecule has 0 heterocycles. The summed E-state index contributed by atoms with van der Waals surface area (Å²) >= 11 is 0. The lowest BCUT2D eigenvalue weighted by Crippen LogP contribution is -2.30. The molecule has 0 spiro atoms. The second-order valence-electron chi connectivity index (χ2n) is 6.78. The maximum absolute atomic E-state index is 13.0. The van der Waals surface area contributed by atoms with Gasteiger partial charge in [-0.05, 0) is 54.1 Å². The molecule has 6 nitrogen and oxygen atoms in total. The summed E-state index contributed by atoms with van der Waals surface area (Å²) in [7, 11) is -3.70. The average Bonchev–Trinajstić information content (AvgIpc) is 2.80. The molecule has 0 fully saturated rings. The van der Waals surface area contributed by atoms with Gasteiger partial charge in [0.1, 0.15) is 0 Å². The molecule has 0 atom stereocenters. The van der Waals surface area contributed by atoms with Crippen LogP contribution in [-0.4, -0.2) is 25.8 Å². The third kappa shape index (κ3) is 5.59. The van der Waals surface area contributed by atoms with Crippen molar-refractivity contribution in [1.29, 1.82) is 5.26 Å². The number of hydrogen-bond donors (Lipinski definition) is 1. The van der Waals surface area contributed by atoms with Crippen LogP contribution in [0.3, 0.4) is 0 Å². The van der Waals surface area contributed by atoms with Crippen LogP contribution in [0.1, 0.15) is 21.5 Å². The van der Waals surface area contributed by atoms with Gasteiger partial charge in [-0.2, -0.15) is 5.26 Å². The first-order chi connectivity index (χ1) is 14.9. The van der Waals surface area contributed by atoms with Crippen molar-refractivity contribution in [1.82, 2.24) is 4.90 Å². The fourth-order valence-corrected chi connectivity index (χ4v) is 4.04. The highest BCUT2D eigenvalue weighted by atomic mass is 32.2. The Hall–Kier alpha value is -3.89. The van der Waals surface area contributed by atoms with Gasteiger partial charge in [0.05, 0.1) is 16.5 Å². The van der Waals surface area contributed by atoms with E-state index in [4.69, 9.17) is 5.26 Å². The van der Waals surface area contributed by atoms with Gasteiger partial charge >= 0.3 is 0 Å². The molecule has 3 aromatic carbocycles. The Kier molecular flexibility index (Phi) is 6.85. The highest BCUT2D eigenvalue weighted by molar-refractivity contribution is 7.92. The van der Waals surface area contributed by atoms with Crippen LogP contribution >= 0.6 is 0 Å². The molecule has 3 rings (SSSR count). The lowest BCUT2D eigenvalue weighted by molar-refractivity contribution is 0.0762.